The molecule has 0 unspecified atom stereocenters. The zero-order valence-electron chi connectivity index (χ0n) is 37.7. The number of nitrogens with zero attached hydrogens (tertiary/aromatic N) is 2. The Morgan fingerprint density at radius 3 is 1.84 bits per heavy atom. The summed E-state index contributed by atoms with van der Waals surface area (Å²) >= 11 is 0. The molecule has 7 aromatic carbocycles. The van der Waals surface area contributed by atoms with Crippen molar-refractivity contribution >= 4 is 79.2 Å². The van der Waals surface area contributed by atoms with Crippen LogP contribution in [-0.4, -0.2) is 6.71 Å². The molecule has 0 saturated heterocycles. The Hall–Kier alpha value is -6.00. The fraction of sp³-hybridized carbons (Fsp3) is 0.263. The van der Waals surface area contributed by atoms with Gasteiger partial charge in [-0.1, -0.05) is 154 Å². The van der Waals surface area contributed by atoms with Crippen LogP contribution >= 0.6 is 0 Å². The average Bonchev–Trinajstić information content (AvgIpc) is 3.59. The predicted octanol–water partition coefficient (Wildman–Crippen LogP) is 13.9. The minimum absolute atomic E-state index is 0.0111. The second kappa shape index (κ2) is 13.5. The summed E-state index contributed by atoms with van der Waals surface area (Å²) in [6.07, 6.45) is 0. The molecule has 3 heterocycles. The molecule has 10 rings (SSSR count). The second-order valence-electron chi connectivity index (χ2n) is 21.1. The van der Waals surface area contributed by atoms with E-state index in [1.165, 1.54) is 61.3 Å². The summed E-state index contributed by atoms with van der Waals surface area (Å²) in [6, 6.07) is 54.6. The first kappa shape index (κ1) is 39.2. The zero-order valence-corrected chi connectivity index (χ0v) is 37.7. The van der Waals surface area contributed by atoms with Gasteiger partial charge in [0.15, 0.2) is 0 Å². The maximum atomic E-state index is 6.30. The molecule has 0 radical (unpaired) electrons. The molecule has 0 aliphatic carbocycles. The van der Waals surface area contributed by atoms with Crippen LogP contribution in [0, 0.1) is 0 Å². The summed E-state index contributed by atoms with van der Waals surface area (Å²) in [5.74, 6) is 0. The van der Waals surface area contributed by atoms with E-state index in [4.69, 9.17) is 4.42 Å². The number of hydrogen-bond acceptors (Lipinski definition) is 3. The first-order chi connectivity index (χ1) is 28.9. The molecule has 4 heteroatoms. The molecule has 0 N–H and O–H groups in total. The minimum Gasteiger partial charge on any atom is -0.456 e. The lowest BCUT2D eigenvalue weighted by molar-refractivity contribution is 0.552. The third-order valence-corrected chi connectivity index (χ3v) is 13.5. The van der Waals surface area contributed by atoms with Gasteiger partial charge in [0, 0.05) is 50.3 Å². The van der Waals surface area contributed by atoms with Crippen molar-refractivity contribution in [3.8, 4) is 0 Å². The number of rotatable bonds is 4. The standard InChI is InChI=1S/C57H57BN2O/c1-54(2,3)36-21-24-39(25-22-36)60-48-30-23-37(55(4,5)6)33-47(48)58-46-29-26-41(35-45(46)57(10,11)52-44(56(7,8)9)28-31-49(60)53(52)58)59(38-17-13-12-14-18-38)40-27-32-51-43(34-40)42-19-15-16-20-50(42)61-51/h12-35H,1-11H3. The summed E-state index contributed by atoms with van der Waals surface area (Å²) in [6.45, 7) is 26.0. The summed E-state index contributed by atoms with van der Waals surface area (Å²) in [5, 5.41) is 2.25. The third kappa shape index (κ3) is 6.24. The third-order valence-electron chi connectivity index (χ3n) is 13.5. The van der Waals surface area contributed by atoms with E-state index in [0.717, 1.165) is 39.0 Å². The van der Waals surface area contributed by atoms with Gasteiger partial charge in [0.05, 0.1) is 0 Å². The van der Waals surface area contributed by atoms with Crippen LogP contribution in [0.2, 0.25) is 0 Å². The molecule has 304 valence electrons. The van der Waals surface area contributed by atoms with Crippen LogP contribution in [0.3, 0.4) is 0 Å². The van der Waals surface area contributed by atoms with Crippen LogP contribution in [0.25, 0.3) is 21.9 Å². The van der Waals surface area contributed by atoms with Gasteiger partial charge in [0.2, 0.25) is 6.71 Å². The zero-order chi connectivity index (χ0) is 42.8. The van der Waals surface area contributed by atoms with Gasteiger partial charge in [0.1, 0.15) is 11.2 Å². The average molecular weight is 797 g/mol. The molecular formula is C57H57BN2O. The highest BCUT2D eigenvalue weighted by Gasteiger charge is 2.48. The molecule has 8 aromatic rings. The molecule has 0 fully saturated rings. The number of anilines is 6. The van der Waals surface area contributed by atoms with Crippen LogP contribution in [0.1, 0.15) is 104 Å². The highest BCUT2D eigenvalue weighted by molar-refractivity contribution is 6.99. The van der Waals surface area contributed by atoms with Crippen molar-refractivity contribution in [3.63, 3.8) is 0 Å². The van der Waals surface area contributed by atoms with Gasteiger partial charge in [0.25, 0.3) is 0 Å². The van der Waals surface area contributed by atoms with Crippen LogP contribution < -0.4 is 26.2 Å². The van der Waals surface area contributed by atoms with E-state index in [9.17, 15) is 0 Å². The largest absolute Gasteiger partial charge is 0.456 e. The fourth-order valence-electron chi connectivity index (χ4n) is 10.3. The van der Waals surface area contributed by atoms with Crippen LogP contribution in [0.15, 0.2) is 150 Å². The highest BCUT2D eigenvalue weighted by atomic mass is 16.3. The lowest BCUT2D eigenvalue weighted by atomic mass is 9.29. The Balaban J connectivity index is 1.23. The second-order valence-corrected chi connectivity index (χ2v) is 21.1. The van der Waals surface area contributed by atoms with Crippen molar-refractivity contribution in [2.75, 3.05) is 9.80 Å². The van der Waals surface area contributed by atoms with Gasteiger partial charge in [-0.25, -0.2) is 0 Å². The van der Waals surface area contributed by atoms with E-state index < -0.39 is 0 Å². The number of hydrogen-bond donors (Lipinski definition) is 0. The summed E-state index contributed by atoms with van der Waals surface area (Å²) < 4.78 is 6.30. The molecular weight excluding hydrogens is 739 g/mol. The van der Waals surface area contributed by atoms with Gasteiger partial charge in [-0.3, -0.25) is 0 Å². The van der Waals surface area contributed by atoms with Crippen LogP contribution in [0.4, 0.5) is 34.1 Å². The van der Waals surface area contributed by atoms with Crippen molar-refractivity contribution in [3.05, 3.63) is 173 Å². The van der Waals surface area contributed by atoms with E-state index in [0.29, 0.717) is 0 Å². The topological polar surface area (TPSA) is 19.6 Å². The summed E-state index contributed by atoms with van der Waals surface area (Å²) in [7, 11) is 0. The molecule has 0 saturated carbocycles. The summed E-state index contributed by atoms with van der Waals surface area (Å²) in [4.78, 5) is 4.97. The normalized spacial score (nSPS) is 14.5. The molecule has 2 aliphatic rings. The molecule has 3 nitrogen and oxygen atoms in total. The first-order valence-corrected chi connectivity index (χ1v) is 22.1. The minimum atomic E-state index is -0.316. The SMILES string of the molecule is CC(C)(C)c1ccc(N2c3ccc(C(C)(C)C)cc3B3c4ccc(N(c5ccccc5)c5ccc6oc7ccccc7c6c5)cc4C(C)(C)c4c(C(C)(C)C)ccc2c43)cc1. The van der Waals surface area contributed by atoms with Gasteiger partial charge in [-0.15, -0.1) is 0 Å². The van der Waals surface area contributed by atoms with E-state index in [-0.39, 0.29) is 28.4 Å². The van der Waals surface area contributed by atoms with E-state index in [1.54, 1.807) is 0 Å². The summed E-state index contributed by atoms with van der Waals surface area (Å²) in [5.41, 5.74) is 19.7. The number of para-hydroxylation sites is 2. The highest BCUT2D eigenvalue weighted by Crippen LogP contribution is 2.48. The van der Waals surface area contributed by atoms with Gasteiger partial charge < -0.3 is 14.2 Å². The predicted molar refractivity (Wildman–Crippen MR) is 262 cm³/mol. The molecule has 2 aliphatic heterocycles. The number of furan rings is 1. The van der Waals surface area contributed by atoms with Crippen molar-refractivity contribution < 1.29 is 4.42 Å². The first-order valence-electron chi connectivity index (χ1n) is 22.1. The van der Waals surface area contributed by atoms with Gasteiger partial charge in [-0.2, -0.15) is 0 Å². The smallest absolute Gasteiger partial charge is 0.247 e. The fourth-order valence-corrected chi connectivity index (χ4v) is 10.3. The molecule has 61 heavy (non-hydrogen) atoms. The number of fused-ring (bicyclic) bond motifs is 7. The van der Waals surface area contributed by atoms with Crippen molar-refractivity contribution in [2.24, 2.45) is 0 Å². The molecule has 0 amide bonds. The number of benzene rings is 7. The monoisotopic (exact) mass is 796 g/mol. The van der Waals surface area contributed by atoms with E-state index in [2.05, 4.69) is 225 Å². The molecule has 1 aromatic heterocycles. The molecule has 0 atom stereocenters. The Bertz CT molecular complexity index is 3010. The van der Waals surface area contributed by atoms with Crippen LogP contribution in [-0.2, 0) is 21.7 Å². The van der Waals surface area contributed by atoms with Gasteiger partial charge >= 0.3 is 0 Å². The lowest BCUT2D eigenvalue weighted by Gasteiger charge is -2.48. The Kier molecular flexibility index (Phi) is 8.67. The quantitative estimate of drug-likeness (QED) is 0.165. The Morgan fingerprint density at radius 1 is 0.508 bits per heavy atom. The Labute approximate surface area is 363 Å². The van der Waals surface area contributed by atoms with E-state index >= 15 is 0 Å². The van der Waals surface area contributed by atoms with E-state index in [1.807, 2.05) is 6.07 Å². The molecule has 0 spiro atoms. The van der Waals surface area contributed by atoms with Crippen LogP contribution in [0.5, 0.6) is 0 Å². The Morgan fingerprint density at radius 2 is 1.13 bits per heavy atom. The maximum Gasteiger partial charge on any atom is 0.247 e. The van der Waals surface area contributed by atoms with Gasteiger partial charge in [-0.05, 0) is 128 Å². The van der Waals surface area contributed by atoms with Crippen molar-refractivity contribution in [1.29, 1.82) is 0 Å². The maximum absolute atomic E-state index is 6.30. The lowest BCUT2D eigenvalue weighted by Crippen LogP contribution is -2.64. The van der Waals surface area contributed by atoms with Crippen molar-refractivity contribution in [2.45, 2.75) is 97.8 Å². The molecule has 0 bridgehead atoms. The van der Waals surface area contributed by atoms with Crippen molar-refractivity contribution in [1.82, 2.24) is 0 Å².